The zero-order chi connectivity index (χ0) is 15.0. The maximum atomic E-state index is 4.38. The molecular formula is C20H16N2. The quantitative estimate of drug-likeness (QED) is 0.572. The van der Waals surface area contributed by atoms with Gasteiger partial charge < -0.3 is 0 Å². The minimum atomic E-state index is 0.854. The largest absolute Gasteiger partial charge is 0.188 e. The molecule has 3 rings (SSSR count). The molecule has 0 amide bonds. The maximum Gasteiger partial charge on any atom is 0.100 e. The van der Waals surface area contributed by atoms with Gasteiger partial charge in [0.05, 0.1) is 11.4 Å². The number of para-hydroxylation sites is 2. The van der Waals surface area contributed by atoms with E-state index < -0.39 is 0 Å². The van der Waals surface area contributed by atoms with Crippen molar-refractivity contribution in [3.05, 3.63) is 96.1 Å². The first-order valence-electron chi connectivity index (χ1n) is 7.25. The lowest BCUT2D eigenvalue weighted by Gasteiger charge is -2.04. The number of hydrogen-bond acceptors (Lipinski definition) is 2. The van der Waals surface area contributed by atoms with E-state index in [9.17, 15) is 0 Å². The molecule has 0 N–H and O–H groups in total. The Morgan fingerprint density at radius 3 is 2.05 bits per heavy atom. The summed E-state index contributed by atoms with van der Waals surface area (Å²) in [7, 11) is 0. The smallest absolute Gasteiger partial charge is 0.100 e. The minimum absolute atomic E-state index is 0.854. The predicted molar refractivity (Wildman–Crippen MR) is 91.3 cm³/mol. The molecule has 3 aromatic rings. The number of nitrogens with zero attached hydrogens (tertiary/aromatic N) is 2. The summed E-state index contributed by atoms with van der Waals surface area (Å²) in [5.41, 5.74) is 4.20. The van der Waals surface area contributed by atoms with Crippen molar-refractivity contribution < 1.29 is 0 Å². The van der Waals surface area contributed by atoms with E-state index in [-0.39, 0.29) is 0 Å². The summed E-state index contributed by atoms with van der Waals surface area (Å²) >= 11 is 0. The molecular weight excluding hydrogens is 268 g/mol. The van der Waals surface area contributed by atoms with Crippen molar-refractivity contribution in [3.63, 3.8) is 0 Å². The second kappa shape index (κ2) is 7.16. The third kappa shape index (κ3) is 3.78. The van der Waals surface area contributed by atoms with Crippen molar-refractivity contribution in [1.29, 1.82) is 0 Å². The normalized spacial score (nSPS) is 9.82. The third-order valence-corrected chi connectivity index (χ3v) is 3.33. The molecule has 0 spiro atoms. The second-order valence-corrected chi connectivity index (χ2v) is 4.95. The standard InChI is InChI=1S/C20H16N2/c1-3-9-17(10-4-1)15-18-11-7-8-14-20(18)22-16-21-19-12-5-2-6-13-19/h1-14H,15H2. The molecule has 3 aromatic carbocycles. The van der Waals surface area contributed by atoms with Crippen molar-refractivity contribution in [2.24, 2.45) is 9.98 Å². The van der Waals surface area contributed by atoms with Crippen LogP contribution in [0.5, 0.6) is 0 Å². The van der Waals surface area contributed by atoms with E-state index in [1.54, 1.807) is 0 Å². The van der Waals surface area contributed by atoms with E-state index in [1.807, 2.05) is 54.6 Å². The van der Waals surface area contributed by atoms with Gasteiger partial charge in [-0.2, -0.15) is 9.98 Å². The van der Waals surface area contributed by atoms with Crippen molar-refractivity contribution in [2.45, 2.75) is 6.42 Å². The highest BCUT2D eigenvalue weighted by molar-refractivity contribution is 5.60. The molecule has 0 heterocycles. The monoisotopic (exact) mass is 284 g/mol. The molecule has 0 aliphatic rings. The van der Waals surface area contributed by atoms with Gasteiger partial charge in [-0.05, 0) is 35.7 Å². The van der Waals surface area contributed by atoms with Crippen LogP contribution in [-0.4, -0.2) is 6.01 Å². The van der Waals surface area contributed by atoms with E-state index >= 15 is 0 Å². The highest BCUT2D eigenvalue weighted by Gasteiger charge is 2.01. The topological polar surface area (TPSA) is 24.7 Å². The van der Waals surface area contributed by atoms with Crippen LogP contribution in [0.2, 0.25) is 0 Å². The maximum absolute atomic E-state index is 4.38. The number of benzene rings is 3. The van der Waals surface area contributed by atoms with Crippen LogP contribution in [-0.2, 0) is 6.42 Å². The van der Waals surface area contributed by atoms with Crippen molar-refractivity contribution >= 4 is 17.4 Å². The minimum Gasteiger partial charge on any atom is -0.188 e. The van der Waals surface area contributed by atoms with Gasteiger partial charge in [-0.3, -0.25) is 0 Å². The number of rotatable bonds is 4. The molecule has 0 saturated heterocycles. The zero-order valence-corrected chi connectivity index (χ0v) is 12.2. The molecule has 2 nitrogen and oxygen atoms in total. The van der Waals surface area contributed by atoms with Gasteiger partial charge in [0.15, 0.2) is 0 Å². The molecule has 0 radical (unpaired) electrons. The first-order chi connectivity index (χ1) is 10.9. The molecule has 22 heavy (non-hydrogen) atoms. The van der Waals surface area contributed by atoms with Gasteiger partial charge in [0.25, 0.3) is 0 Å². The van der Waals surface area contributed by atoms with Crippen LogP contribution in [0, 0.1) is 0 Å². The number of hydrogen-bond donors (Lipinski definition) is 0. The van der Waals surface area contributed by atoms with Gasteiger partial charge in [0, 0.05) is 0 Å². The average molecular weight is 284 g/mol. The van der Waals surface area contributed by atoms with E-state index in [1.165, 1.54) is 11.1 Å². The molecule has 106 valence electrons. The lowest BCUT2D eigenvalue weighted by atomic mass is 10.0. The summed E-state index contributed by atoms with van der Waals surface area (Å²) < 4.78 is 0. The fourth-order valence-corrected chi connectivity index (χ4v) is 2.22. The fraction of sp³-hybridized carbons (Fsp3) is 0.0500. The SMILES string of the molecule is C(=Nc1ccccc1)=Nc1ccccc1Cc1ccccc1. The second-order valence-electron chi connectivity index (χ2n) is 4.95. The van der Waals surface area contributed by atoms with Crippen LogP contribution in [0.25, 0.3) is 0 Å². The molecule has 0 unspecified atom stereocenters. The van der Waals surface area contributed by atoms with Crippen molar-refractivity contribution in [1.82, 2.24) is 0 Å². The van der Waals surface area contributed by atoms with E-state index in [4.69, 9.17) is 0 Å². The lowest BCUT2D eigenvalue weighted by Crippen LogP contribution is -1.87. The fourth-order valence-electron chi connectivity index (χ4n) is 2.22. The molecule has 0 atom stereocenters. The van der Waals surface area contributed by atoms with Gasteiger partial charge in [-0.25, -0.2) is 0 Å². The van der Waals surface area contributed by atoms with Gasteiger partial charge in [0.2, 0.25) is 0 Å². The Kier molecular flexibility index (Phi) is 4.56. The first kappa shape index (κ1) is 14.0. The predicted octanol–water partition coefficient (Wildman–Crippen LogP) is 5.41. The van der Waals surface area contributed by atoms with Crippen molar-refractivity contribution in [2.75, 3.05) is 0 Å². The summed E-state index contributed by atoms with van der Waals surface area (Å²) in [5, 5.41) is 0. The van der Waals surface area contributed by atoms with E-state index in [0.717, 1.165) is 17.8 Å². The summed E-state index contributed by atoms with van der Waals surface area (Å²) in [6.45, 7) is 0. The molecule has 0 aliphatic heterocycles. The summed E-state index contributed by atoms with van der Waals surface area (Å²) in [4.78, 5) is 8.61. The summed E-state index contributed by atoms with van der Waals surface area (Å²) in [5.74, 6) is 0. The Hall–Kier alpha value is -2.96. The molecule has 2 heteroatoms. The molecule has 0 aromatic heterocycles. The molecule has 0 saturated carbocycles. The first-order valence-corrected chi connectivity index (χ1v) is 7.25. The average Bonchev–Trinajstić information content (AvgIpc) is 2.58. The Morgan fingerprint density at radius 2 is 1.27 bits per heavy atom. The van der Waals surface area contributed by atoms with E-state index in [0.29, 0.717) is 0 Å². The third-order valence-electron chi connectivity index (χ3n) is 3.33. The van der Waals surface area contributed by atoms with Crippen LogP contribution < -0.4 is 0 Å². The summed E-state index contributed by atoms with van der Waals surface area (Å²) in [6, 6.07) is 31.0. The highest BCUT2D eigenvalue weighted by Crippen LogP contribution is 2.21. The van der Waals surface area contributed by atoms with Gasteiger partial charge in [0.1, 0.15) is 6.01 Å². The Morgan fingerprint density at radius 1 is 0.636 bits per heavy atom. The lowest BCUT2D eigenvalue weighted by molar-refractivity contribution is 1.18. The molecule has 0 fully saturated rings. The van der Waals surface area contributed by atoms with Crippen LogP contribution in [0.1, 0.15) is 11.1 Å². The highest BCUT2D eigenvalue weighted by atomic mass is 14.8. The van der Waals surface area contributed by atoms with Crippen LogP contribution in [0.15, 0.2) is 94.9 Å². The Labute approximate surface area is 130 Å². The zero-order valence-electron chi connectivity index (χ0n) is 12.2. The Balaban J connectivity index is 1.84. The van der Waals surface area contributed by atoms with Gasteiger partial charge in [-0.15, -0.1) is 0 Å². The van der Waals surface area contributed by atoms with Gasteiger partial charge in [-0.1, -0.05) is 66.7 Å². The van der Waals surface area contributed by atoms with E-state index in [2.05, 4.69) is 46.3 Å². The Bertz CT molecular complexity index is 786. The van der Waals surface area contributed by atoms with Crippen LogP contribution in [0.3, 0.4) is 0 Å². The van der Waals surface area contributed by atoms with Crippen LogP contribution >= 0.6 is 0 Å². The number of aliphatic imine (C=N–C) groups is 2. The van der Waals surface area contributed by atoms with Crippen molar-refractivity contribution in [3.8, 4) is 0 Å². The van der Waals surface area contributed by atoms with Gasteiger partial charge >= 0.3 is 0 Å². The molecule has 0 bridgehead atoms. The summed E-state index contributed by atoms with van der Waals surface area (Å²) in [6.07, 6.45) is 0.855. The molecule has 0 aliphatic carbocycles. The van der Waals surface area contributed by atoms with Crippen LogP contribution in [0.4, 0.5) is 11.4 Å².